The number of nitrogens with two attached hydrogens (primary N) is 4. The van der Waals surface area contributed by atoms with E-state index in [1.807, 2.05) is 0 Å². The molecule has 23 nitrogen and oxygen atoms in total. The van der Waals surface area contributed by atoms with Crippen LogP contribution in [-0.4, -0.2) is 143 Å². The van der Waals surface area contributed by atoms with Gasteiger partial charge in [-0.25, -0.2) is 4.79 Å². The van der Waals surface area contributed by atoms with Crippen LogP contribution in [0, 0.1) is 11.8 Å². The third kappa shape index (κ3) is 20.5. The number of carbonyl (C=O) groups excluding carboxylic acids is 7. The molecule has 0 bridgehead atoms. The van der Waals surface area contributed by atoms with E-state index in [-0.39, 0.29) is 50.0 Å². The Morgan fingerprint density at radius 3 is 1.79 bits per heavy atom. The molecule has 0 aromatic rings. The van der Waals surface area contributed by atoms with Gasteiger partial charge in [-0.1, -0.05) is 27.7 Å². The SMILES string of the molecule is CC(C)C[C@H](NC(=O)[C@H](C)NC(=O)CNC(=O)[C@@H]1CCCN1C(=O)[C@@H](N)CCCN=C(N)N)C(=O)N[C@@H](CC(=O)O)C(=O)N[C@@H](CC(C)C)C(=O)N[C@@H](CCCCN)C(=O)O. The Morgan fingerprint density at radius 1 is 0.721 bits per heavy atom. The number of hydrogen-bond donors (Lipinski definition) is 12. The molecule has 1 aliphatic heterocycles. The number of carboxylic acids is 2. The Balaban J connectivity index is 2.95. The van der Waals surface area contributed by atoms with Gasteiger partial charge in [0.2, 0.25) is 41.4 Å². The third-order valence-corrected chi connectivity index (χ3v) is 9.57. The first-order valence-corrected chi connectivity index (χ1v) is 20.6. The van der Waals surface area contributed by atoms with E-state index in [2.05, 4.69) is 36.9 Å². The van der Waals surface area contributed by atoms with E-state index < -0.39 is 109 Å². The number of amides is 7. The molecule has 0 aromatic carbocycles. The molecule has 7 atom stereocenters. The standard InChI is InChI=1S/C38H68N12O11/c1-20(2)16-25(33(56)49-27(18-30(52)53)34(57)48-26(17-21(3)4)32(55)46-24(37(60)61)11-6-7-13-39)47-31(54)22(5)45-29(51)19-44-35(58)28-12-9-15-50(28)36(59)23(40)10-8-14-43-38(41)42/h20-28H,6-19,39-40H2,1-5H3,(H,44,58)(H,45,51)(H,46,55)(H,47,54)(H,48,57)(H,49,56)(H,52,53)(H,60,61)(H4,41,42,43)/t22-,23-,24-,25-,26-,27-,28-/m0/s1. The minimum atomic E-state index is -1.71. The minimum absolute atomic E-state index is 0.0331. The summed E-state index contributed by atoms with van der Waals surface area (Å²) < 4.78 is 0. The van der Waals surface area contributed by atoms with Gasteiger partial charge in [-0.15, -0.1) is 0 Å². The lowest BCUT2D eigenvalue weighted by atomic mass is 10.0. The summed E-state index contributed by atoms with van der Waals surface area (Å²) in [6.45, 7) is 8.72. The molecule has 346 valence electrons. The summed E-state index contributed by atoms with van der Waals surface area (Å²) >= 11 is 0. The predicted octanol–water partition coefficient (Wildman–Crippen LogP) is -3.30. The van der Waals surface area contributed by atoms with Crippen molar-refractivity contribution in [2.24, 2.45) is 39.8 Å². The number of unbranched alkanes of at least 4 members (excludes halogenated alkanes) is 1. The normalized spacial score (nSPS) is 16.5. The molecule has 0 unspecified atom stereocenters. The summed E-state index contributed by atoms with van der Waals surface area (Å²) in [5, 5.41) is 33.9. The second-order valence-corrected chi connectivity index (χ2v) is 16.0. The van der Waals surface area contributed by atoms with Crippen molar-refractivity contribution in [2.75, 3.05) is 26.2 Å². The summed E-state index contributed by atoms with van der Waals surface area (Å²) in [6, 6.07) is -8.54. The molecule has 0 aliphatic carbocycles. The van der Waals surface area contributed by atoms with Crippen LogP contribution in [0.3, 0.4) is 0 Å². The van der Waals surface area contributed by atoms with E-state index in [1.54, 1.807) is 27.7 Å². The number of aliphatic imine (C=N–C) groups is 1. The Hall–Kier alpha value is -5.58. The molecular weight excluding hydrogens is 800 g/mol. The zero-order chi connectivity index (χ0) is 46.4. The molecular formula is C38H68N12O11. The fraction of sp³-hybridized carbons (Fsp3) is 0.737. The first-order valence-electron chi connectivity index (χ1n) is 20.6. The number of nitrogens with one attached hydrogen (secondary N) is 6. The number of carboxylic acid groups (broad SMARTS) is 2. The van der Waals surface area contributed by atoms with Crippen molar-refractivity contribution >= 4 is 59.2 Å². The van der Waals surface area contributed by atoms with Gasteiger partial charge in [0, 0.05) is 13.1 Å². The molecule has 1 heterocycles. The summed E-state index contributed by atoms with van der Waals surface area (Å²) in [5.41, 5.74) is 22.2. The lowest BCUT2D eigenvalue weighted by Crippen LogP contribution is -2.59. The zero-order valence-corrected chi connectivity index (χ0v) is 35.9. The van der Waals surface area contributed by atoms with Gasteiger partial charge >= 0.3 is 11.9 Å². The molecule has 23 heteroatoms. The maximum absolute atomic E-state index is 13.6. The number of carbonyl (C=O) groups is 9. The van der Waals surface area contributed by atoms with E-state index in [0.29, 0.717) is 45.2 Å². The Bertz CT molecular complexity index is 1560. The first-order chi connectivity index (χ1) is 28.6. The van der Waals surface area contributed by atoms with Crippen molar-refractivity contribution in [3.8, 4) is 0 Å². The van der Waals surface area contributed by atoms with E-state index in [0.717, 1.165) is 0 Å². The number of aliphatic carboxylic acids is 2. The maximum atomic E-state index is 13.6. The van der Waals surface area contributed by atoms with Crippen LogP contribution < -0.4 is 54.8 Å². The van der Waals surface area contributed by atoms with Crippen molar-refractivity contribution in [3.63, 3.8) is 0 Å². The Labute approximate surface area is 356 Å². The van der Waals surface area contributed by atoms with Crippen molar-refractivity contribution < 1.29 is 53.4 Å². The van der Waals surface area contributed by atoms with Crippen LogP contribution >= 0.6 is 0 Å². The van der Waals surface area contributed by atoms with Crippen molar-refractivity contribution in [3.05, 3.63) is 0 Å². The van der Waals surface area contributed by atoms with Crippen LogP contribution in [0.4, 0.5) is 0 Å². The molecule has 0 radical (unpaired) electrons. The van der Waals surface area contributed by atoms with Crippen molar-refractivity contribution in [1.82, 2.24) is 36.8 Å². The quantitative estimate of drug-likeness (QED) is 0.0208. The number of guanidine groups is 1. The van der Waals surface area contributed by atoms with E-state index in [1.165, 1.54) is 11.8 Å². The molecule has 0 spiro atoms. The Morgan fingerprint density at radius 2 is 1.26 bits per heavy atom. The lowest BCUT2D eigenvalue weighted by Gasteiger charge is -2.27. The number of hydrogen-bond acceptors (Lipinski definition) is 12. The van der Waals surface area contributed by atoms with Gasteiger partial charge in [0.15, 0.2) is 5.96 Å². The highest BCUT2D eigenvalue weighted by Gasteiger charge is 2.37. The van der Waals surface area contributed by atoms with E-state index in [9.17, 15) is 53.4 Å². The third-order valence-electron chi connectivity index (χ3n) is 9.57. The average Bonchev–Trinajstić information content (AvgIpc) is 3.66. The molecule has 61 heavy (non-hydrogen) atoms. The topological polar surface area (TPSA) is 386 Å². The maximum Gasteiger partial charge on any atom is 0.326 e. The van der Waals surface area contributed by atoms with Gasteiger partial charge in [0.05, 0.1) is 19.0 Å². The summed E-state index contributed by atoms with van der Waals surface area (Å²) in [5.74, 6) is -8.54. The highest BCUT2D eigenvalue weighted by atomic mass is 16.4. The highest BCUT2D eigenvalue weighted by Crippen LogP contribution is 2.19. The molecule has 1 fully saturated rings. The number of likely N-dealkylation sites (tertiary alicyclic amines) is 1. The summed E-state index contributed by atoms with van der Waals surface area (Å²) in [7, 11) is 0. The fourth-order valence-corrected chi connectivity index (χ4v) is 6.46. The van der Waals surface area contributed by atoms with Gasteiger partial charge in [0.1, 0.15) is 36.3 Å². The lowest BCUT2D eigenvalue weighted by molar-refractivity contribution is -0.143. The van der Waals surface area contributed by atoms with Crippen LogP contribution in [0.5, 0.6) is 0 Å². The van der Waals surface area contributed by atoms with E-state index >= 15 is 0 Å². The average molecular weight is 869 g/mol. The largest absolute Gasteiger partial charge is 0.481 e. The van der Waals surface area contributed by atoms with Crippen LogP contribution in [-0.2, 0) is 43.2 Å². The highest BCUT2D eigenvalue weighted by molar-refractivity contribution is 5.98. The summed E-state index contributed by atoms with van der Waals surface area (Å²) in [6.07, 6.45) is 1.85. The molecule has 0 saturated carbocycles. The van der Waals surface area contributed by atoms with E-state index in [4.69, 9.17) is 22.9 Å². The van der Waals surface area contributed by atoms with Gasteiger partial charge in [-0.2, -0.15) is 0 Å². The van der Waals surface area contributed by atoms with Crippen LogP contribution in [0.2, 0.25) is 0 Å². The predicted molar refractivity (Wildman–Crippen MR) is 223 cm³/mol. The van der Waals surface area contributed by atoms with Crippen LogP contribution in [0.25, 0.3) is 0 Å². The van der Waals surface area contributed by atoms with Crippen molar-refractivity contribution in [1.29, 1.82) is 0 Å². The van der Waals surface area contributed by atoms with Gasteiger partial charge in [0.25, 0.3) is 0 Å². The first kappa shape index (κ1) is 53.4. The van der Waals surface area contributed by atoms with Crippen molar-refractivity contribution in [2.45, 2.75) is 141 Å². The Kier molecular flexibility index (Phi) is 23.9. The summed E-state index contributed by atoms with van der Waals surface area (Å²) in [4.78, 5) is 121. The zero-order valence-electron chi connectivity index (χ0n) is 35.9. The minimum Gasteiger partial charge on any atom is -0.481 e. The number of rotatable bonds is 28. The monoisotopic (exact) mass is 869 g/mol. The fourth-order valence-electron chi connectivity index (χ4n) is 6.46. The van der Waals surface area contributed by atoms with Crippen LogP contribution in [0.15, 0.2) is 4.99 Å². The number of nitrogens with zero attached hydrogens (tertiary/aromatic N) is 2. The van der Waals surface area contributed by atoms with Gasteiger partial charge in [-0.05, 0) is 83.1 Å². The second kappa shape index (κ2) is 27.3. The second-order valence-electron chi connectivity index (χ2n) is 16.0. The smallest absolute Gasteiger partial charge is 0.326 e. The molecule has 1 rings (SSSR count). The molecule has 1 saturated heterocycles. The van der Waals surface area contributed by atoms with Gasteiger partial charge < -0.3 is 69.9 Å². The van der Waals surface area contributed by atoms with Crippen LogP contribution in [0.1, 0.15) is 98.8 Å². The molecule has 16 N–H and O–H groups in total. The molecule has 0 aromatic heterocycles. The molecule has 1 aliphatic rings. The molecule has 7 amide bonds. The van der Waals surface area contributed by atoms with Gasteiger partial charge in [-0.3, -0.25) is 43.3 Å².